The molecule has 5 rings (SSSR count). The van der Waals surface area contributed by atoms with E-state index >= 15 is 0 Å². The van der Waals surface area contributed by atoms with Crippen molar-refractivity contribution in [2.45, 2.75) is 25.1 Å². The molecule has 0 atom stereocenters. The summed E-state index contributed by atoms with van der Waals surface area (Å²) in [6.07, 6.45) is -2.15. The minimum absolute atomic E-state index is 0.0682. The van der Waals surface area contributed by atoms with Crippen LogP contribution < -0.4 is 5.73 Å². The van der Waals surface area contributed by atoms with Crippen molar-refractivity contribution in [2.24, 2.45) is 0 Å². The van der Waals surface area contributed by atoms with Gasteiger partial charge in [0.05, 0.1) is 18.0 Å². The second-order valence-electron chi connectivity index (χ2n) is 7.58. The van der Waals surface area contributed by atoms with Gasteiger partial charge in [0.1, 0.15) is 29.2 Å². The number of hydrogen-bond donors (Lipinski definition) is 2. The van der Waals surface area contributed by atoms with Gasteiger partial charge in [0, 0.05) is 0 Å². The molecule has 0 spiro atoms. The summed E-state index contributed by atoms with van der Waals surface area (Å²) in [5, 5.41) is 15.1. The molecule has 0 aliphatic heterocycles. The standard InChI is InChI=1S/C22H15F3N6O/c1-27-15-8-13(9-16(32)18(15)22(23,24)25)19-17-20(26)28-10-29-21(17)31(30-19)14-6-11-4-2-3-5-12(11)7-14/h2-5,8-10,14,32H,6-7H2,(H2,26,28,29). The molecule has 2 aromatic carbocycles. The predicted molar refractivity (Wildman–Crippen MR) is 111 cm³/mol. The lowest BCUT2D eigenvalue weighted by Crippen LogP contribution is -2.11. The minimum Gasteiger partial charge on any atom is -0.509 e. The van der Waals surface area contributed by atoms with Gasteiger partial charge in [0.15, 0.2) is 5.65 Å². The normalized spacial score (nSPS) is 13.9. The van der Waals surface area contributed by atoms with E-state index in [1.807, 2.05) is 24.3 Å². The largest absolute Gasteiger partial charge is 0.509 e. The Kier molecular flexibility index (Phi) is 4.30. The number of aromatic nitrogens is 4. The number of benzene rings is 2. The first-order chi connectivity index (χ1) is 15.3. The highest BCUT2D eigenvalue weighted by Crippen LogP contribution is 2.46. The number of phenols is 1. The van der Waals surface area contributed by atoms with E-state index in [0.717, 1.165) is 12.1 Å². The average Bonchev–Trinajstić information content (AvgIpc) is 3.34. The van der Waals surface area contributed by atoms with E-state index in [1.165, 1.54) is 17.5 Å². The molecule has 10 heteroatoms. The highest BCUT2D eigenvalue weighted by Gasteiger charge is 2.37. The highest BCUT2D eigenvalue weighted by atomic mass is 19.4. The molecule has 0 bridgehead atoms. The first-order valence-corrected chi connectivity index (χ1v) is 9.65. The first kappa shape index (κ1) is 19.8. The van der Waals surface area contributed by atoms with Crippen molar-refractivity contribution >= 4 is 22.5 Å². The maximum Gasteiger partial charge on any atom is 0.410 e. The lowest BCUT2D eigenvalue weighted by atomic mass is 10.0. The summed E-state index contributed by atoms with van der Waals surface area (Å²) in [7, 11) is 0. The van der Waals surface area contributed by atoms with Gasteiger partial charge in [-0.1, -0.05) is 24.3 Å². The van der Waals surface area contributed by atoms with Crippen molar-refractivity contribution in [3.8, 4) is 17.0 Å². The van der Waals surface area contributed by atoms with Crippen molar-refractivity contribution < 1.29 is 18.3 Å². The summed E-state index contributed by atoms with van der Waals surface area (Å²) < 4.78 is 41.7. The quantitative estimate of drug-likeness (QED) is 0.445. The van der Waals surface area contributed by atoms with Crippen LogP contribution in [0, 0.1) is 6.57 Å². The second-order valence-corrected chi connectivity index (χ2v) is 7.58. The summed E-state index contributed by atoms with van der Waals surface area (Å²) in [5.74, 6) is -0.942. The molecule has 0 saturated carbocycles. The molecule has 2 aromatic heterocycles. The second kappa shape index (κ2) is 6.95. The summed E-state index contributed by atoms with van der Waals surface area (Å²) in [5.41, 5.74) is 7.14. The summed E-state index contributed by atoms with van der Waals surface area (Å²) >= 11 is 0. The molecular formula is C22H15F3N6O. The number of rotatable bonds is 2. The van der Waals surface area contributed by atoms with E-state index in [9.17, 15) is 18.3 Å². The summed E-state index contributed by atoms with van der Waals surface area (Å²) in [6.45, 7) is 7.18. The van der Waals surface area contributed by atoms with Gasteiger partial charge in [0.2, 0.25) is 5.69 Å². The number of nitrogens with two attached hydrogens (primary N) is 1. The van der Waals surface area contributed by atoms with Crippen LogP contribution >= 0.6 is 0 Å². The molecule has 0 amide bonds. The van der Waals surface area contributed by atoms with Crippen molar-refractivity contribution in [1.82, 2.24) is 19.7 Å². The van der Waals surface area contributed by atoms with Crippen molar-refractivity contribution in [2.75, 3.05) is 5.73 Å². The van der Waals surface area contributed by atoms with Crippen molar-refractivity contribution in [1.29, 1.82) is 0 Å². The maximum absolute atomic E-state index is 13.3. The van der Waals surface area contributed by atoms with Crippen LogP contribution in [0.4, 0.5) is 24.7 Å². The fraction of sp³-hybridized carbons (Fsp3) is 0.182. The smallest absolute Gasteiger partial charge is 0.410 e. The fourth-order valence-corrected chi connectivity index (χ4v) is 4.29. The summed E-state index contributed by atoms with van der Waals surface area (Å²) in [4.78, 5) is 11.3. The molecule has 4 aromatic rings. The third-order valence-corrected chi connectivity index (χ3v) is 5.67. The molecule has 32 heavy (non-hydrogen) atoms. The number of nitrogen functional groups attached to an aromatic ring is 1. The molecule has 0 fully saturated rings. The zero-order valence-corrected chi connectivity index (χ0v) is 16.4. The van der Waals surface area contributed by atoms with Crippen LogP contribution in [0.15, 0.2) is 42.7 Å². The molecule has 0 saturated heterocycles. The lowest BCUT2D eigenvalue weighted by molar-refractivity contribution is -0.138. The van der Waals surface area contributed by atoms with Crippen molar-refractivity contribution in [3.63, 3.8) is 0 Å². The topological polar surface area (TPSA) is 94.2 Å². The Morgan fingerprint density at radius 1 is 1.12 bits per heavy atom. The SMILES string of the molecule is [C-]#[N+]c1cc(-c2nn(C3Cc4ccccc4C3)c3ncnc(N)c23)cc(O)c1C(F)(F)F. The fourth-order valence-electron chi connectivity index (χ4n) is 4.29. The van der Waals surface area contributed by atoms with Gasteiger partial charge < -0.3 is 10.8 Å². The summed E-state index contributed by atoms with van der Waals surface area (Å²) in [6, 6.07) is 9.94. The van der Waals surface area contributed by atoms with Crippen molar-refractivity contribution in [3.05, 3.63) is 70.8 Å². The minimum atomic E-state index is -4.87. The Labute approximate surface area is 179 Å². The van der Waals surface area contributed by atoms with Gasteiger partial charge in [-0.25, -0.2) is 19.5 Å². The van der Waals surface area contributed by atoms with Gasteiger partial charge in [-0.2, -0.15) is 18.3 Å². The number of halogens is 3. The molecular weight excluding hydrogens is 421 g/mol. The van der Waals surface area contributed by atoms with E-state index in [4.69, 9.17) is 12.3 Å². The van der Waals surface area contributed by atoms with Crippen LogP contribution in [0.25, 0.3) is 27.1 Å². The van der Waals surface area contributed by atoms with Crippen LogP contribution in [0.1, 0.15) is 22.7 Å². The third kappa shape index (κ3) is 3.01. The van der Waals surface area contributed by atoms with Gasteiger partial charge >= 0.3 is 6.18 Å². The Morgan fingerprint density at radius 3 is 2.44 bits per heavy atom. The number of anilines is 1. The molecule has 0 unspecified atom stereocenters. The van der Waals surface area contributed by atoms with Gasteiger partial charge in [-0.05, 0) is 41.7 Å². The van der Waals surface area contributed by atoms with E-state index in [0.29, 0.717) is 23.9 Å². The van der Waals surface area contributed by atoms with E-state index in [-0.39, 0.29) is 23.1 Å². The molecule has 1 aliphatic rings. The zero-order valence-electron chi connectivity index (χ0n) is 16.4. The number of nitrogens with zero attached hydrogens (tertiary/aromatic N) is 5. The molecule has 2 heterocycles. The van der Waals surface area contributed by atoms with E-state index in [2.05, 4.69) is 19.9 Å². The molecule has 160 valence electrons. The Hall–Kier alpha value is -4.13. The average molecular weight is 436 g/mol. The number of alkyl halides is 3. The monoisotopic (exact) mass is 436 g/mol. The van der Waals surface area contributed by atoms with Crippen LogP contribution in [-0.4, -0.2) is 24.9 Å². The predicted octanol–water partition coefficient (Wildman–Crippen LogP) is 4.69. The number of hydrogen-bond acceptors (Lipinski definition) is 5. The Morgan fingerprint density at radius 2 is 1.81 bits per heavy atom. The molecule has 7 nitrogen and oxygen atoms in total. The van der Waals surface area contributed by atoms with Crippen LogP contribution in [-0.2, 0) is 19.0 Å². The highest BCUT2D eigenvalue weighted by molar-refractivity contribution is 5.99. The van der Waals surface area contributed by atoms with Gasteiger partial charge in [0.25, 0.3) is 0 Å². The zero-order chi connectivity index (χ0) is 22.6. The van der Waals surface area contributed by atoms with E-state index in [1.54, 1.807) is 4.68 Å². The van der Waals surface area contributed by atoms with Gasteiger partial charge in [-0.3, -0.25) is 0 Å². The molecule has 0 radical (unpaired) electrons. The molecule has 1 aliphatic carbocycles. The number of fused-ring (bicyclic) bond motifs is 2. The third-order valence-electron chi connectivity index (χ3n) is 5.67. The van der Waals surface area contributed by atoms with Crippen LogP contribution in [0.5, 0.6) is 5.75 Å². The first-order valence-electron chi connectivity index (χ1n) is 9.65. The Balaban J connectivity index is 1.70. The van der Waals surface area contributed by atoms with E-state index < -0.39 is 23.2 Å². The van der Waals surface area contributed by atoms with Gasteiger partial charge in [-0.15, -0.1) is 0 Å². The molecule has 3 N–H and O–H groups in total. The number of phenolic OH excluding ortho intramolecular Hbond substituents is 1. The van der Waals surface area contributed by atoms with Crippen LogP contribution in [0.2, 0.25) is 0 Å². The van der Waals surface area contributed by atoms with Crippen LogP contribution in [0.3, 0.4) is 0 Å². The maximum atomic E-state index is 13.3. The Bertz CT molecular complexity index is 1390. The lowest BCUT2D eigenvalue weighted by Gasteiger charge is -2.12. The number of aromatic hydroxyl groups is 1.